The molecule has 3 aromatic heterocycles. The molecule has 1 aliphatic rings. The molecule has 4 aromatic carbocycles. The lowest BCUT2D eigenvalue weighted by Crippen LogP contribution is -2.40. The molecule has 0 radical (unpaired) electrons. The third-order valence-corrected chi connectivity index (χ3v) is 20.7. The van der Waals surface area contributed by atoms with Crippen LogP contribution in [0.1, 0.15) is 84.9 Å². The van der Waals surface area contributed by atoms with E-state index in [-0.39, 0.29) is 23.2 Å². The van der Waals surface area contributed by atoms with Crippen molar-refractivity contribution in [1.29, 1.82) is 0 Å². The number of benzene rings is 4. The third-order valence-electron chi connectivity index (χ3n) is 13.4. The van der Waals surface area contributed by atoms with Gasteiger partial charge in [-0.3, -0.25) is 9.36 Å². The topological polar surface area (TPSA) is 129 Å². The number of ether oxygens (including phenoxy) is 3. The van der Waals surface area contributed by atoms with Gasteiger partial charge in [-0.15, -0.1) is 11.8 Å². The summed E-state index contributed by atoms with van der Waals surface area (Å²) in [5.74, 6) is 1.42. The average molecular weight is 997 g/mol. The Labute approximate surface area is 410 Å². The summed E-state index contributed by atoms with van der Waals surface area (Å²) in [5.41, 5.74) is 7.15. The SMILES string of the molecule is CCOC(=O)c1c(CCCOc2cc(SCc3ccc(OC)cc3)cc3ccccc23)c2ccc(Cl)c(-c3c(CS(=O)(=O)Cc4cc(CO[Si](C)(C)C(C)(C)C)n(C)n4)nn4c3CCC4)c2n1C. The Bertz CT molecular complexity index is 3100. The number of sulfone groups is 1. The van der Waals surface area contributed by atoms with Crippen LogP contribution in [0.25, 0.3) is 32.8 Å². The molecule has 0 saturated heterocycles. The van der Waals surface area contributed by atoms with Crippen molar-refractivity contribution in [2.45, 2.75) is 107 Å². The van der Waals surface area contributed by atoms with E-state index in [2.05, 4.69) is 75.4 Å². The van der Waals surface area contributed by atoms with Crippen molar-refractivity contribution in [3.8, 4) is 22.6 Å². The first-order valence-corrected chi connectivity index (χ1v) is 29.3. The summed E-state index contributed by atoms with van der Waals surface area (Å²) >= 11 is 8.96. The van der Waals surface area contributed by atoms with Gasteiger partial charge in [-0.05, 0) is 104 Å². The van der Waals surface area contributed by atoms with Crippen molar-refractivity contribution in [3.63, 3.8) is 0 Å². The monoisotopic (exact) mass is 995 g/mol. The van der Waals surface area contributed by atoms with Crippen molar-refractivity contribution < 1.29 is 31.8 Å². The van der Waals surface area contributed by atoms with Crippen LogP contribution >= 0.6 is 23.4 Å². The zero-order chi connectivity index (χ0) is 48.5. The van der Waals surface area contributed by atoms with Gasteiger partial charge in [0.25, 0.3) is 0 Å². The summed E-state index contributed by atoms with van der Waals surface area (Å²) in [5, 5.41) is 13.0. The number of nitrogens with zero attached hydrogens (tertiary/aromatic N) is 5. The third kappa shape index (κ3) is 10.4. The number of hydrogen-bond donors (Lipinski definition) is 0. The highest BCUT2D eigenvalue weighted by Gasteiger charge is 2.37. The van der Waals surface area contributed by atoms with E-state index in [0.29, 0.717) is 72.3 Å². The molecular formula is C52H62ClN5O7S2Si. The lowest BCUT2D eigenvalue weighted by molar-refractivity contribution is 0.0514. The molecule has 12 nitrogen and oxygen atoms in total. The van der Waals surface area contributed by atoms with Crippen LogP contribution in [0.2, 0.25) is 23.2 Å². The van der Waals surface area contributed by atoms with E-state index in [0.717, 1.165) is 67.2 Å². The van der Waals surface area contributed by atoms with Gasteiger partial charge in [0.2, 0.25) is 0 Å². The second-order valence-electron chi connectivity index (χ2n) is 19.1. The number of esters is 1. The van der Waals surface area contributed by atoms with Crippen molar-refractivity contribution in [3.05, 3.63) is 123 Å². The van der Waals surface area contributed by atoms with Crippen LogP contribution in [0.15, 0.2) is 83.8 Å². The van der Waals surface area contributed by atoms with E-state index < -0.39 is 24.1 Å². The van der Waals surface area contributed by atoms with Crippen LogP contribution in [0.4, 0.5) is 0 Å². The normalized spacial score (nSPS) is 13.1. The van der Waals surface area contributed by atoms with E-state index in [1.54, 1.807) is 30.5 Å². The smallest absolute Gasteiger partial charge is 0.355 e. The van der Waals surface area contributed by atoms with Gasteiger partial charge >= 0.3 is 5.97 Å². The molecule has 68 heavy (non-hydrogen) atoms. The largest absolute Gasteiger partial charge is 0.497 e. The maximum absolute atomic E-state index is 14.2. The molecule has 0 amide bonds. The van der Waals surface area contributed by atoms with E-state index in [4.69, 9.17) is 35.3 Å². The number of carbonyl (C=O) groups excluding carboxylic acids is 1. The molecule has 360 valence electrons. The first-order valence-electron chi connectivity index (χ1n) is 23.2. The van der Waals surface area contributed by atoms with Crippen LogP contribution in [0.5, 0.6) is 11.5 Å². The molecule has 0 unspecified atom stereocenters. The van der Waals surface area contributed by atoms with Crippen LogP contribution in [0.3, 0.4) is 0 Å². The summed E-state index contributed by atoms with van der Waals surface area (Å²) in [4.78, 5) is 15.0. The van der Waals surface area contributed by atoms with E-state index in [1.807, 2.05) is 65.8 Å². The molecule has 0 saturated carbocycles. The van der Waals surface area contributed by atoms with E-state index in [1.165, 1.54) is 5.56 Å². The Morgan fingerprint density at radius 1 is 0.941 bits per heavy atom. The first-order chi connectivity index (χ1) is 32.4. The van der Waals surface area contributed by atoms with Gasteiger partial charge in [-0.2, -0.15) is 10.2 Å². The van der Waals surface area contributed by atoms with Gasteiger partial charge in [0, 0.05) is 58.9 Å². The van der Waals surface area contributed by atoms with Crippen molar-refractivity contribution in [2.24, 2.45) is 14.1 Å². The Morgan fingerprint density at radius 3 is 2.44 bits per heavy atom. The van der Waals surface area contributed by atoms with Gasteiger partial charge in [0.15, 0.2) is 18.2 Å². The average Bonchev–Trinajstić information content (AvgIpc) is 4.04. The molecule has 0 spiro atoms. The summed E-state index contributed by atoms with van der Waals surface area (Å²) in [6.45, 7) is 14.4. The number of carbonyl (C=O) groups is 1. The number of rotatable bonds is 19. The van der Waals surface area contributed by atoms with E-state index in [9.17, 15) is 13.2 Å². The van der Waals surface area contributed by atoms with Crippen molar-refractivity contribution in [1.82, 2.24) is 24.1 Å². The Balaban J connectivity index is 1.07. The fraction of sp³-hybridized carbons (Fsp3) is 0.404. The second-order valence-corrected chi connectivity index (χ2v) is 27.4. The first kappa shape index (κ1) is 49.4. The zero-order valence-electron chi connectivity index (χ0n) is 40.6. The zero-order valence-corrected chi connectivity index (χ0v) is 44.0. The predicted octanol–water partition coefficient (Wildman–Crippen LogP) is 11.7. The molecule has 16 heteroatoms. The van der Waals surface area contributed by atoms with Crippen LogP contribution in [-0.4, -0.2) is 67.2 Å². The van der Waals surface area contributed by atoms with Crippen LogP contribution in [-0.2, 0) is 76.3 Å². The molecular weight excluding hydrogens is 934 g/mol. The molecule has 0 aliphatic carbocycles. The lowest BCUT2D eigenvalue weighted by Gasteiger charge is -2.36. The predicted molar refractivity (Wildman–Crippen MR) is 275 cm³/mol. The van der Waals surface area contributed by atoms with Gasteiger partial charge < -0.3 is 23.2 Å². The minimum absolute atomic E-state index is 0.0349. The minimum atomic E-state index is -3.78. The Hall–Kier alpha value is -5.06. The standard InChI is InChI=1S/C52H62ClN5O7S2Si/c1-10-63-51(59)50-41(17-14-26-64-46-29-39(27-35-15-11-12-16-40(35)46)66-31-34-19-21-38(62-7)22-20-34)42-23-24-43(53)47(49(42)56(50)5)48-44(55-58-25-13-18-45(48)58)33-67(60,61)32-36-28-37(57(6)54-36)30-65-68(8,9)52(2,3)4/h11-12,15-16,19-24,27-29H,10,13-14,17-18,25-26,30-33H2,1-9H3. The maximum Gasteiger partial charge on any atom is 0.355 e. The highest BCUT2D eigenvalue weighted by molar-refractivity contribution is 7.98. The number of methoxy groups -OCH3 is 1. The number of fused-ring (bicyclic) bond motifs is 3. The number of aryl methyl sites for hydroxylation is 4. The van der Waals surface area contributed by atoms with Crippen LogP contribution < -0.4 is 9.47 Å². The number of aromatic nitrogens is 5. The van der Waals surface area contributed by atoms with Gasteiger partial charge in [-0.1, -0.05) is 74.8 Å². The maximum atomic E-state index is 14.2. The Kier molecular flexibility index (Phi) is 14.6. The molecule has 4 heterocycles. The molecule has 7 aromatic rings. The number of hydrogen-bond acceptors (Lipinski definition) is 10. The minimum Gasteiger partial charge on any atom is -0.497 e. The fourth-order valence-corrected chi connectivity index (χ4v) is 12.3. The van der Waals surface area contributed by atoms with Crippen molar-refractivity contribution in [2.75, 3.05) is 20.3 Å². The summed E-state index contributed by atoms with van der Waals surface area (Å²) < 4.78 is 57.9. The Morgan fingerprint density at radius 2 is 1.71 bits per heavy atom. The van der Waals surface area contributed by atoms with Crippen molar-refractivity contribution >= 4 is 69.2 Å². The molecule has 0 bridgehead atoms. The summed E-state index contributed by atoms with van der Waals surface area (Å²) in [7, 11) is -0.479. The van der Waals surface area contributed by atoms with E-state index >= 15 is 0 Å². The lowest BCUT2D eigenvalue weighted by atomic mass is 9.97. The quantitative estimate of drug-likeness (QED) is 0.0334. The highest BCUT2D eigenvalue weighted by atomic mass is 35.5. The molecule has 1 aliphatic heterocycles. The summed E-state index contributed by atoms with van der Waals surface area (Å²) in [6.07, 6.45) is 2.69. The van der Waals surface area contributed by atoms with Gasteiger partial charge in [-0.25, -0.2) is 13.2 Å². The summed E-state index contributed by atoms with van der Waals surface area (Å²) in [6, 6.07) is 26.3. The molecule has 0 fully saturated rings. The number of halogens is 1. The fourth-order valence-electron chi connectivity index (χ4n) is 8.83. The van der Waals surface area contributed by atoms with Crippen LogP contribution in [0, 0.1) is 0 Å². The highest BCUT2D eigenvalue weighted by Crippen LogP contribution is 2.44. The molecule has 8 rings (SSSR count). The molecule has 0 N–H and O–H groups in total. The number of thioether (sulfide) groups is 1. The van der Waals surface area contributed by atoms with Gasteiger partial charge in [0.1, 0.15) is 17.2 Å². The second kappa shape index (κ2) is 20.1. The van der Waals surface area contributed by atoms with Gasteiger partial charge in [0.05, 0.1) is 66.1 Å². The molecule has 0 atom stereocenters.